The van der Waals surface area contributed by atoms with E-state index in [1.807, 2.05) is 115 Å². The highest BCUT2D eigenvalue weighted by Crippen LogP contribution is 2.63. The van der Waals surface area contributed by atoms with Crippen LogP contribution >= 0.6 is 7.37 Å². The van der Waals surface area contributed by atoms with Gasteiger partial charge < -0.3 is 4.52 Å². The van der Waals surface area contributed by atoms with Gasteiger partial charge in [0.2, 0.25) is 0 Å². The highest BCUT2D eigenvalue weighted by Gasteiger charge is 2.39. The standard InChI is InChI=1S/C26H19O2P/c27-29(25-18-10-8-16-23(25)22-15-7-9-17-24(22)28-29)26(21-13-5-2-6-14-21)19-20-11-3-1-4-12-20/h1-19H/b26-19+. The predicted molar refractivity (Wildman–Crippen MR) is 121 cm³/mol. The molecule has 0 amide bonds. The van der Waals surface area contributed by atoms with Crippen LogP contribution in [0.1, 0.15) is 11.1 Å². The van der Waals surface area contributed by atoms with E-state index in [1.165, 1.54) is 0 Å². The predicted octanol–water partition coefficient (Wildman–Crippen LogP) is 6.85. The summed E-state index contributed by atoms with van der Waals surface area (Å²) < 4.78 is 21.0. The van der Waals surface area contributed by atoms with E-state index >= 15 is 0 Å². The van der Waals surface area contributed by atoms with Gasteiger partial charge in [-0.2, -0.15) is 0 Å². The molecular formula is C26H19O2P. The molecule has 0 aliphatic carbocycles. The molecule has 29 heavy (non-hydrogen) atoms. The second-order valence-corrected chi connectivity index (χ2v) is 9.21. The molecule has 5 rings (SSSR count). The van der Waals surface area contributed by atoms with Crippen molar-refractivity contribution in [2.24, 2.45) is 0 Å². The van der Waals surface area contributed by atoms with Gasteiger partial charge >= 0.3 is 7.37 Å². The molecule has 0 fully saturated rings. The molecule has 0 saturated heterocycles. The van der Waals surface area contributed by atoms with Gasteiger partial charge in [0.1, 0.15) is 5.75 Å². The SMILES string of the molecule is O=P1(/C(=C/c2ccccc2)c2ccccc2)Oc2ccccc2-c2ccccc21. The molecule has 2 nitrogen and oxygen atoms in total. The lowest BCUT2D eigenvalue weighted by Gasteiger charge is -2.30. The Bertz CT molecular complexity index is 1240. The van der Waals surface area contributed by atoms with Gasteiger partial charge in [0.25, 0.3) is 0 Å². The van der Waals surface area contributed by atoms with Crippen LogP contribution in [0.25, 0.3) is 22.5 Å². The molecule has 1 atom stereocenters. The Morgan fingerprint density at radius 2 is 1.24 bits per heavy atom. The summed E-state index contributed by atoms with van der Waals surface area (Å²) in [6.07, 6.45) is 1.99. The van der Waals surface area contributed by atoms with Crippen molar-refractivity contribution in [2.75, 3.05) is 0 Å². The molecular weight excluding hydrogens is 375 g/mol. The first-order chi connectivity index (χ1) is 14.3. The summed E-state index contributed by atoms with van der Waals surface area (Å²) in [4.78, 5) is 0. The van der Waals surface area contributed by atoms with Crippen LogP contribution in [0.15, 0.2) is 109 Å². The highest BCUT2D eigenvalue weighted by molar-refractivity contribution is 7.77. The zero-order chi connectivity index (χ0) is 19.7. The fourth-order valence-corrected chi connectivity index (χ4v) is 6.24. The van der Waals surface area contributed by atoms with Gasteiger partial charge in [0.15, 0.2) is 0 Å². The summed E-state index contributed by atoms with van der Waals surface area (Å²) >= 11 is 0. The molecule has 1 aliphatic rings. The molecule has 0 spiro atoms. The molecule has 0 saturated carbocycles. The van der Waals surface area contributed by atoms with E-state index in [9.17, 15) is 4.57 Å². The first kappa shape index (κ1) is 17.7. The zero-order valence-electron chi connectivity index (χ0n) is 15.7. The number of benzene rings is 4. The smallest absolute Gasteiger partial charge is 0.308 e. The lowest BCUT2D eigenvalue weighted by Crippen LogP contribution is -2.18. The van der Waals surface area contributed by atoms with Crippen LogP contribution in [0.5, 0.6) is 5.75 Å². The van der Waals surface area contributed by atoms with E-state index in [0.29, 0.717) is 11.1 Å². The largest absolute Gasteiger partial charge is 0.436 e. The third kappa shape index (κ3) is 3.12. The van der Waals surface area contributed by atoms with Crippen molar-refractivity contribution in [2.45, 2.75) is 0 Å². The summed E-state index contributed by atoms with van der Waals surface area (Å²) in [5.74, 6) is 0.657. The van der Waals surface area contributed by atoms with E-state index in [1.54, 1.807) is 0 Å². The summed E-state index contributed by atoms with van der Waals surface area (Å²) in [6, 6.07) is 35.5. The maximum Gasteiger partial charge on any atom is 0.308 e. The molecule has 140 valence electrons. The van der Waals surface area contributed by atoms with Crippen molar-refractivity contribution in [1.29, 1.82) is 0 Å². The third-order valence-electron chi connectivity index (χ3n) is 5.11. The third-order valence-corrected chi connectivity index (χ3v) is 7.61. The van der Waals surface area contributed by atoms with Gasteiger partial charge in [-0.15, -0.1) is 0 Å². The molecule has 4 aromatic carbocycles. The number of rotatable bonds is 3. The Hall–Kier alpha value is -3.35. The fourth-order valence-electron chi connectivity index (χ4n) is 3.75. The monoisotopic (exact) mass is 394 g/mol. The molecule has 0 bridgehead atoms. The summed E-state index contributed by atoms with van der Waals surface area (Å²) in [5.41, 5.74) is 3.82. The number of hydrogen-bond acceptors (Lipinski definition) is 2. The van der Waals surface area contributed by atoms with Gasteiger partial charge in [-0.1, -0.05) is 97.1 Å². The second-order valence-electron chi connectivity index (χ2n) is 6.96. The maximum atomic E-state index is 14.6. The molecule has 4 aromatic rings. The molecule has 1 aliphatic heterocycles. The van der Waals surface area contributed by atoms with E-state index in [4.69, 9.17) is 4.52 Å². The molecule has 3 heteroatoms. The van der Waals surface area contributed by atoms with Crippen molar-refractivity contribution in [1.82, 2.24) is 0 Å². The van der Waals surface area contributed by atoms with E-state index < -0.39 is 7.37 Å². The summed E-state index contributed by atoms with van der Waals surface area (Å²) in [5, 5.41) is 1.44. The average molecular weight is 394 g/mol. The van der Waals surface area contributed by atoms with Crippen LogP contribution in [-0.2, 0) is 4.57 Å². The van der Waals surface area contributed by atoms with Gasteiger partial charge in [-0.3, -0.25) is 4.57 Å². The van der Waals surface area contributed by atoms with Gasteiger partial charge in [0, 0.05) is 5.56 Å². The first-order valence-electron chi connectivity index (χ1n) is 9.57. The second kappa shape index (κ2) is 7.24. The lowest BCUT2D eigenvalue weighted by atomic mass is 10.0. The summed E-state index contributed by atoms with van der Waals surface area (Å²) in [6.45, 7) is 0. The Labute approximate surface area is 170 Å². The zero-order valence-corrected chi connectivity index (χ0v) is 16.6. The van der Waals surface area contributed by atoms with Crippen molar-refractivity contribution in [3.05, 3.63) is 120 Å². The van der Waals surface area contributed by atoms with Gasteiger partial charge in [-0.05, 0) is 34.9 Å². The number of para-hydroxylation sites is 1. The molecule has 0 aromatic heterocycles. The topological polar surface area (TPSA) is 26.3 Å². The highest BCUT2D eigenvalue weighted by atomic mass is 31.2. The number of hydrogen-bond donors (Lipinski definition) is 0. The quantitative estimate of drug-likeness (QED) is 0.281. The van der Waals surface area contributed by atoms with Crippen LogP contribution in [0.2, 0.25) is 0 Å². The number of fused-ring (bicyclic) bond motifs is 3. The summed E-state index contributed by atoms with van der Waals surface area (Å²) in [7, 11) is -3.37. The average Bonchev–Trinajstić information content (AvgIpc) is 2.79. The minimum Gasteiger partial charge on any atom is -0.436 e. The van der Waals surface area contributed by atoms with E-state index in [-0.39, 0.29) is 0 Å². The van der Waals surface area contributed by atoms with Crippen molar-refractivity contribution in [3.63, 3.8) is 0 Å². The first-order valence-corrected chi connectivity index (χ1v) is 11.2. The van der Waals surface area contributed by atoms with E-state index in [2.05, 4.69) is 0 Å². The Kier molecular flexibility index (Phi) is 4.42. The van der Waals surface area contributed by atoms with Gasteiger partial charge in [0.05, 0.1) is 10.6 Å². The Morgan fingerprint density at radius 1 is 0.655 bits per heavy atom. The molecule has 1 unspecified atom stereocenters. The van der Waals surface area contributed by atoms with Gasteiger partial charge in [-0.25, -0.2) is 0 Å². The Morgan fingerprint density at radius 3 is 2.00 bits per heavy atom. The van der Waals surface area contributed by atoms with Crippen LogP contribution in [-0.4, -0.2) is 0 Å². The Balaban J connectivity index is 1.79. The van der Waals surface area contributed by atoms with Crippen LogP contribution in [0.3, 0.4) is 0 Å². The van der Waals surface area contributed by atoms with E-state index in [0.717, 1.165) is 27.6 Å². The molecule has 0 radical (unpaired) electrons. The van der Waals surface area contributed by atoms with Crippen molar-refractivity contribution in [3.8, 4) is 16.9 Å². The molecule has 0 N–H and O–H groups in total. The van der Waals surface area contributed by atoms with Crippen molar-refractivity contribution >= 4 is 24.1 Å². The molecule has 1 heterocycles. The normalized spacial score (nSPS) is 17.7. The van der Waals surface area contributed by atoms with Crippen molar-refractivity contribution < 1.29 is 9.09 Å². The van der Waals surface area contributed by atoms with Crippen LogP contribution in [0, 0.1) is 0 Å². The maximum absolute atomic E-state index is 14.6. The minimum atomic E-state index is -3.37. The van der Waals surface area contributed by atoms with Crippen LogP contribution in [0.4, 0.5) is 0 Å². The van der Waals surface area contributed by atoms with Crippen LogP contribution < -0.4 is 9.83 Å². The fraction of sp³-hybridized carbons (Fsp3) is 0. The lowest BCUT2D eigenvalue weighted by molar-refractivity contribution is 0.502. The minimum absolute atomic E-state index is 0.657.